The molecule has 0 unspecified atom stereocenters. The van der Waals surface area contributed by atoms with Crippen LogP contribution in [-0.2, 0) is 0 Å². The van der Waals surface area contributed by atoms with E-state index in [1.54, 1.807) is 30.3 Å². The zero-order valence-corrected chi connectivity index (χ0v) is 22.1. The smallest absolute Gasteiger partial charge is 0.344 e. The molecule has 0 saturated heterocycles. The van der Waals surface area contributed by atoms with Crippen LogP contribution in [0.1, 0.15) is 0 Å². The molecule has 0 amide bonds. The van der Waals surface area contributed by atoms with Crippen LogP contribution >= 0.6 is 0 Å². The summed E-state index contributed by atoms with van der Waals surface area (Å²) in [6.07, 6.45) is 0. The van der Waals surface area contributed by atoms with Crippen molar-refractivity contribution >= 4 is 11.0 Å². The van der Waals surface area contributed by atoms with E-state index < -0.39 is 5.63 Å². The van der Waals surface area contributed by atoms with Crippen LogP contribution in [0.2, 0.25) is 0 Å². The highest BCUT2D eigenvalue weighted by atomic mass is 16.5. The highest BCUT2D eigenvalue weighted by molar-refractivity contribution is 6.05. The summed E-state index contributed by atoms with van der Waals surface area (Å²) in [6, 6.07) is 9.78. The standard InChI is InChI=1S/C28H28O10/c1-31-18-9-8-14(10-17(18)29)22-16-13-21(34-4)26(36-6)27(37-7)24(16)38-28(30)23(22)15-11-19(32-2)25(35-5)20(12-15)33-3/h8-13,29H,1-7H3. The van der Waals surface area contributed by atoms with Crippen molar-refractivity contribution in [2.75, 3.05) is 49.8 Å². The molecule has 0 aliphatic rings. The van der Waals surface area contributed by atoms with Crippen molar-refractivity contribution in [3.8, 4) is 68.2 Å². The van der Waals surface area contributed by atoms with E-state index in [4.69, 9.17) is 37.6 Å². The summed E-state index contributed by atoms with van der Waals surface area (Å²) in [5, 5.41) is 11.1. The van der Waals surface area contributed by atoms with E-state index in [0.717, 1.165) is 0 Å². The fourth-order valence-electron chi connectivity index (χ4n) is 4.43. The normalized spacial score (nSPS) is 10.7. The Labute approximate surface area is 218 Å². The molecular weight excluding hydrogens is 496 g/mol. The van der Waals surface area contributed by atoms with Crippen molar-refractivity contribution in [2.24, 2.45) is 0 Å². The van der Waals surface area contributed by atoms with Gasteiger partial charge in [0.1, 0.15) is 0 Å². The molecule has 4 rings (SSSR count). The Hall–Kier alpha value is -4.73. The van der Waals surface area contributed by atoms with Gasteiger partial charge in [-0.05, 0) is 41.5 Å². The molecule has 10 nitrogen and oxygen atoms in total. The highest BCUT2D eigenvalue weighted by Gasteiger charge is 2.27. The lowest BCUT2D eigenvalue weighted by molar-refractivity contribution is 0.323. The van der Waals surface area contributed by atoms with Crippen molar-refractivity contribution < 1.29 is 42.7 Å². The van der Waals surface area contributed by atoms with Crippen molar-refractivity contribution in [1.29, 1.82) is 0 Å². The van der Waals surface area contributed by atoms with Crippen LogP contribution in [-0.4, -0.2) is 54.9 Å². The predicted molar refractivity (Wildman–Crippen MR) is 141 cm³/mol. The van der Waals surface area contributed by atoms with Crippen LogP contribution in [0, 0.1) is 0 Å². The van der Waals surface area contributed by atoms with E-state index in [1.165, 1.54) is 55.8 Å². The summed E-state index contributed by atoms with van der Waals surface area (Å²) in [4.78, 5) is 13.7. The number of ether oxygens (including phenoxy) is 7. The van der Waals surface area contributed by atoms with E-state index >= 15 is 0 Å². The third-order valence-electron chi connectivity index (χ3n) is 6.12. The molecule has 0 saturated carbocycles. The number of benzene rings is 3. The average Bonchev–Trinajstić information content (AvgIpc) is 2.94. The third kappa shape index (κ3) is 4.23. The molecule has 0 spiro atoms. The molecule has 3 aromatic carbocycles. The van der Waals surface area contributed by atoms with E-state index in [-0.39, 0.29) is 34.1 Å². The number of hydrogen-bond donors (Lipinski definition) is 1. The number of fused-ring (bicyclic) bond motifs is 1. The molecule has 1 N–H and O–H groups in total. The number of aromatic hydroxyl groups is 1. The first kappa shape index (κ1) is 26.3. The van der Waals surface area contributed by atoms with Gasteiger partial charge in [0.05, 0.1) is 55.3 Å². The molecular formula is C28H28O10. The Kier molecular flexibility index (Phi) is 7.43. The molecule has 0 aliphatic heterocycles. The quantitative estimate of drug-likeness (QED) is 0.303. The van der Waals surface area contributed by atoms with Gasteiger partial charge in [0, 0.05) is 10.9 Å². The summed E-state index contributed by atoms with van der Waals surface area (Å²) in [6.45, 7) is 0. The SMILES string of the molecule is COc1ccc(-c2c(-c3cc(OC)c(OC)c(OC)c3)c(=O)oc3c(OC)c(OC)c(OC)cc23)cc1O. The maximum atomic E-state index is 13.7. The van der Waals surface area contributed by atoms with E-state index in [9.17, 15) is 9.90 Å². The molecule has 0 fully saturated rings. The summed E-state index contributed by atoms with van der Waals surface area (Å²) in [5.74, 6) is 1.98. The second-order valence-corrected chi connectivity index (χ2v) is 7.96. The Bertz CT molecular complexity index is 1530. The first-order chi connectivity index (χ1) is 18.4. The Morgan fingerprint density at radius 3 is 1.63 bits per heavy atom. The first-order valence-electron chi connectivity index (χ1n) is 11.3. The lowest BCUT2D eigenvalue weighted by Gasteiger charge is -2.19. The maximum absolute atomic E-state index is 13.7. The summed E-state index contributed by atoms with van der Waals surface area (Å²) >= 11 is 0. The van der Waals surface area contributed by atoms with Gasteiger partial charge >= 0.3 is 5.63 Å². The number of phenolic OH excluding ortho intramolecular Hbond substituents is 1. The minimum Gasteiger partial charge on any atom is -0.504 e. The van der Waals surface area contributed by atoms with Crippen molar-refractivity contribution in [3.05, 3.63) is 46.8 Å². The molecule has 4 aromatic rings. The minimum absolute atomic E-state index is 0.116. The average molecular weight is 525 g/mol. The summed E-state index contributed by atoms with van der Waals surface area (Å²) < 4.78 is 44.2. The van der Waals surface area contributed by atoms with E-state index in [1.807, 2.05) is 0 Å². The van der Waals surface area contributed by atoms with Crippen LogP contribution in [0.15, 0.2) is 45.6 Å². The second-order valence-electron chi connectivity index (χ2n) is 7.96. The zero-order chi connectivity index (χ0) is 27.6. The number of hydrogen-bond acceptors (Lipinski definition) is 10. The number of methoxy groups -OCH3 is 7. The van der Waals surface area contributed by atoms with Gasteiger partial charge in [-0.2, -0.15) is 0 Å². The van der Waals surface area contributed by atoms with Gasteiger partial charge < -0.3 is 42.7 Å². The molecule has 38 heavy (non-hydrogen) atoms. The van der Waals surface area contributed by atoms with Gasteiger partial charge in [0.2, 0.25) is 17.2 Å². The molecule has 0 radical (unpaired) electrons. The number of phenols is 1. The predicted octanol–water partition coefficient (Wildman–Crippen LogP) is 4.89. The Morgan fingerprint density at radius 1 is 0.579 bits per heavy atom. The van der Waals surface area contributed by atoms with Gasteiger partial charge in [-0.3, -0.25) is 0 Å². The fourth-order valence-corrected chi connectivity index (χ4v) is 4.43. The second kappa shape index (κ2) is 10.7. The lowest BCUT2D eigenvalue weighted by atomic mass is 9.92. The summed E-state index contributed by atoms with van der Waals surface area (Å²) in [7, 11) is 10.3. The van der Waals surface area contributed by atoms with E-state index in [2.05, 4.69) is 0 Å². The van der Waals surface area contributed by atoms with Gasteiger partial charge in [-0.1, -0.05) is 6.07 Å². The summed E-state index contributed by atoms with van der Waals surface area (Å²) in [5.41, 5.74) is 0.992. The van der Waals surface area contributed by atoms with Crippen molar-refractivity contribution in [1.82, 2.24) is 0 Å². The molecule has 10 heteroatoms. The minimum atomic E-state index is -0.678. The van der Waals surface area contributed by atoms with Gasteiger partial charge in [-0.25, -0.2) is 4.79 Å². The molecule has 200 valence electrons. The number of rotatable bonds is 9. The third-order valence-corrected chi connectivity index (χ3v) is 6.12. The van der Waals surface area contributed by atoms with Crippen LogP contribution in [0.3, 0.4) is 0 Å². The highest BCUT2D eigenvalue weighted by Crippen LogP contribution is 2.49. The monoisotopic (exact) mass is 524 g/mol. The van der Waals surface area contributed by atoms with Gasteiger partial charge in [0.15, 0.2) is 34.3 Å². The van der Waals surface area contributed by atoms with Crippen LogP contribution in [0.5, 0.6) is 46.0 Å². The topological polar surface area (TPSA) is 115 Å². The van der Waals surface area contributed by atoms with Crippen LogP contribution in [0.25, 0.3) is 33.2 Å². The fraction of sp³-hybridized carbons (Fsp3) is 0.250. The maximum Gasteiger partial charge on any atom is 0.344 e. The van der Waals surface area contributed by atoms with E-state index in [0.29, 0.717) is 45.1 Å². The van der Waals surface area contributed by atoms with Crippen LogP contribution < -0.4 is 38.8 Å². The van der Waals surface area contributed by atoms with Crippen molar-refractivity contribution in [3.63, 3.8) is 0 Å². The zero-order valence-electron chi connectivity index (χ0n) is 22.1. The van der Waals surface area contributed by atoms with Gasteiger partial charge in [0.25, 0.3) is 0 Å². The molecule has 0 atom stereocenters. The lowest BCUT2D eigenvalue weighted by Crippen LogP contribution is -2.08. The Morgan fingerprint density at radius 2 is 1.13 bits per heavy atom. The largest absolute Gasteiger partial charge is 0.504 e. The molecule has 1 aromatic heterocycles. The first-order valence-corrected chi connectivity index (χ1v) is 11.3. The van der Waals surface area contributed by atoms with Crippen LogP contribution in [0.4, 0.5) is 0 Å². The molecule has 0 aliphatic carbocycles. The Balaban J connectivity index is 2.23. The molecule has 1 heterocycles. The van der Waals surface area contributed by atoms with Crippen molar-refractivity contribution in [2.45, 2.75) is 0 Å². The van der Waals surface area contributed by atoms with Gasteiger partial charge in [-0.15, -0.1) is 0 Å². The molecule has 0 bridgehead atoms.